The molecule has 2 aliphatic rings. The minimum atomic E-state index is -0.0360. The molecule has 82 valence electrons. The molecule has 14 heavy (non-hydrogen) atoms. The topological polar surface area (TPSA) is 18.5 Å². The van der Waals surface area contributed by atoms with Crippen molar-refractivity contribution in [1.82, 2.24) is 0 Å². The van der Waals surface area contributed by atoms with Crippen molar-refractivity contribution in [3.63, 3.8) is 0 Å². The molecular weight excluding hydrogens is 176 g/mol. The molecule has 0 spiro atoms. The van der Waals surface area contributed by atoms with Crippen LogP contribution >= 0.6 is 0 Å². The Kier molecular flexibility index (Phi) is 2.85. The quantitative estimate of drug-likeness (QED) is 0.645. The Morgan fingerprint density at radius 2 is 1.14 bits per heavy atom. The van der Waals surface area contributed by atoms with Crippen LogP contribution in [0.2, 0.25) is 0 Å². The van der Waals surface area contributed by atoms with E-state index >= 15 is 0 Å². The van der Waals surface area contributed by atoms with Crippen LogP contribution in [0, 0.1) is 0 Å². The molecule has 0 amide bonds. The molecule has 0 aromatic heterocycles. The lowest BCUT2D eigenvalue weighted by atomic mass is 9.76. The average Bonchev–Trinajstić information content (AvgIpc) is 2.20. The molecule has 0 aliphatic carbocycles. The van der Waals surface area contributed by atoms with Gasteiger partial charge in [0.2, 0.25) is 0 Å². The van der Waals surface area contributed by atoms with E-state index < -0.39 is 0 Å². The molecule has 2 heterocycles. The molecule has 0 radical (unpaired) electrons. The van der Waals surface area contributed by atoms with Gasteiger partial charge < -0.3 is 9.47 Å². The number of hydrogen-bond acceptors (Lipinski definition) is 2. The van der Waals surface area contributed by atoms with Crippen LogP contribution in [-0.4, -0.2) is 24.4 Å². The molecule has 2 aliphatic heterocycles. The predicted molar refractivity (Wildman–Crippen MR) is 56.4 cm³/mol. The molecule has 0 N–H and O–H groups in total. The maximum atomic E-state index is 5.98. The fourth-order valence-corrected chi connectivity index (χ4v) is 2.70. The highest BCUT2D eigenvalue weighted by Crippen LogP contribution is 2.42. The molecule has 2 fully saturated rings. The summed E-state index contributed by atoms with van der Waals surface area (Å²) < 4.78 is 12.0. The summed E-state index contributed by atoms with van der Waals surface area (Å²) >= 11 is 0. The lowest BCUT2D eigenvalue weighted by Gasteiger charge is -2.49. The minimum Gasteiger partial charge on any atom is -0.372 e. The van der Waals surface area contributed by atoms with E-state index in [4.69, 9.17) is 9.47 Å². The van der Waals surface area contributed by atoms with Crippen LogP contribution in [0.25, 0.3) is 0 Å². The molecule has 0 unspecified atom stereocenters. The van der Waals surface area contributed by atoms with Gasteiger partial charge in [-0.25, -0.2) is 0 Å². The first kappa shape index (κ1) is 10.4. The second-order valence-corrected chi connectivity index (χ2v) is 5.07. The second-order valence-electron chi connectivity index (χ2n) is 5.07. The third-order valence-electron chi connectivity index (χ3n) is 4.06. The molecule has 2 heteroatoms. The Morgan fingerprint density at radius 1 is 0.714 bits per heavy atom. The monoisotopic (exact) mass is 198 g/mol. The third kappa shape index (κ3) is 1.70. The first-order valence-corrected chi connectivity index (χ1v) is 5.94. The summed E-state index contributed by atoms with van der Waals surface area (Å²) in [6.07, 6.45) is 7.31. The van der Waals surface area contributed by atoms with E-state index in [0.717, 1.165) is 26.1 Å². The normalized spacial score (nSPS) is 45.0. The average molecular weight is 198 g/mol. The highest BCUT2D eigenvalue weighted by molar-refractivity contribution is 4.99. The van der Waals surface area contributed by atoms with Crippen LogP contribution in [0.1, 0.15) is 52.4 Å². The van der Waals surface area contributed by atoms with Crippen LogP contribution in [-0.2, 0) is 9.47 Å². The van der Waals surface area contributed by atoms with Crippen molar-refractivity contribution < 1.29 is 9.47 Å². The van der Waals surface area contributed by atoms with Crippen LogP contribution in [0.4, 0.5) is 0 Å². The van der Waals surface area contributed by atoms with E-state index in [1.807, 2.05) is 0 Å². The van der Waals surface area contributed by atoms with Crippen LogP contribution in [0.3, 0.4) is 0 Å². The van der Waals surface area contributed by atoms with Crippen molar-refractivity contribution in [1.29, 1.82) is 0 Å². The van der Waals surface area contributed by atoms with Gasteiger partial charge in [0.25, 0.3) is 0 Å². The Morgan fingerprint density at radius 3 is 1.43 bits per heavy atom. The van der Waals surface area contributed by atoms with E-state index in [2.05, 4.69) is 13.8 Å². The summed E-state index contributed by atoms with van der Waals surface area (Å²) in [5.74, 6) is 0. The van der Waals surface area contributed by atoms with Crippen molar-refractivity contribution in [2.45, 2.75) is 63.6 Å². The van der Waals surface area contributed by atoms with Gasteiger partial charge in [-0.1, -0.05) is 0 Å². The van der Waals surface area contributed by atoms with Crippen LogP contribution < -0.4 is 0 Å². The predicted octanol–water partition coefficient (Wildman–Crippen LogP) is 2.90. The number of rotatable bonds is 1. The summed E-state index contributed by atoms with van der Waals surface area (Å²) in [6, 6.07) is 0. The van der Waals surface area contributed by atoms with Crippen molar-refractivity contribution in [3.8, 4) is 0 Å². The highest BCUT2D eigenvalue weighted by Gasteiger charge is 2.48. The molecule has 0 aromatic rings. The minimum absolute atomic E-state index is 0.0360. The van der Waals surface area contributed by atoms with Gasteiger partial charge in [0, 0.05) is 13.2 Å². The third-order valence-corrected chi connectivity index (χ3v) is 4.06. The van der Waals surface area contributed by atoms with E-state index in [1.165, 1.54) is 25.7 Å². The zero-order valence-corrected chi connectivity index (χ0v) is 9.47. The van der Waals surface area contributed by atoms with Gasteiger partial charge in [0.1, 0.15) is 0 Å². The lowest BCUT2D eigenvalue weighted by molar-refractivity contribution is -0.222. The largest absolute Gasteiger partial charge is 0.372 e. The van der Waals surface area contributed by atoms with Gasteiger partial charge >= 0.3 is 0 Å². The molecular formula is C12H22O2. The van der Waals surface area contributed by atoms with Crippen molar-refractivity contribution in [2.24, 2.45) is 0 Å². The Balaban J connectivity index is 2.09. The molecule has 0 aromatic carbocycles. The zero-order valence-electron chi connectivity index (χ0n) is 9.47. The van der Waals surface area contributed by atoms with Crippen molar-refractivity contribution in [2.75, 3.05) is 13.2 Å². The van der Waals surface area contributed by atoms with Gasteiger partial charge in [-0.2, -0.15) is 0 Å². The van der Waals surface area contributed by atoms with Gasteiger partial charge in [0.15, 0.2) is 0 Å². The van der Waals surface area contributed by atoms with E-state index in [-0.39, 0.29) is 11.2 Å². The van der Waals surface area contributed by atoms with Crippen molar-refractivity contribution in [3.05, 3.63) is 0 Å². The van der Waals surface area contributed by atoms with Gasteiger partial charge in [-0.15, -0.1) is 0 Å². The second kappa shape index (κ2) is 3.82. The maximum Gasteiger partial charge on any atom is 0.0940 e. The molecule has 0 bridgehead atoms. The Bertz CT molecular complexity index is 166. The summed E-state index contributed by atoms with van der Waals surface area (Å²) in [5.41, 5.74) is -0.0721. The fourth-order valence-electron chi connectivity index (χ4n) is 2.70. The SMILES string of the molecule is C[C@@]1([C@]2(C)CCCCO2)CCCCO1. The highest BCUT2D eigenvalue weighted by atomic mass is 16.6. The summed E-state index contributed by atoms with van der Waals surface area (Å²) in [7, 11) is 0. The maximum absolute atomic E-state index is 5.98. The van der Waals surface area contributed by atoms with Gasteiger partial charge in [0.05, 0.1) is 11.2 Å². The van der Waals surface area contributed by atoms with E-state index in [9.17, 15) is 0 Å². The Labute approximate surface area is 87.0 Å². The van der Waals surface area contributed by atoms with Crippen LogP contribution in [0.15, 0.2) is 0 Å². The summed E-state index contributed by atoms with van der Waals surface area (Å²) in [4.78, 5) is 0. The van der Waals surface area contributed by atoms with E-state index in [0.29, 0.717) is 0 Å². The molecule has 2 nitrogen and oxygen atoms in total. The van der Waals surface area contributed by atoms with E-state index in [1.54, 1.807) is 0 Å². The van der Waals surface area contributed by atoms with Gasteiger partial charge in [-0.3, -0.25) is 0 Å². The van der Waals surface area contributed by atoms with Crippen molar-refractivity contribution >= 4 is 0 Å². The fraction of sp³-hybridized carbons (Fsp3) is 1.00. The summed E-state index contributed by atoms with van der Waals surface area (Å²) in [5, 5.41) is 0. The zero-order chi connectivity index (χ0) is 10.1. The molecule has 2 rings (SSSR count). The summed E-state index contributed by atoms with van der Waals surface area (Å²) in [6.45, 7) is 6.29. The smallest absolute Gasteiger partial charge is 0.0940 e. The first-order valence-electron chi connectivity index (χ1n) is 5.94. The molecule has 0 saturated carbocycles. The number of ether oxygens (including phenoxy) is 2. The Hall–Kier alpha value is -0.0800. The lowest BCUT2D eigenvalue weighted by Crippen LogP contribution is -2.56. The molecule has 2 atom stereocenters. The van der Waals surface area contributed by atoms with Gasteiger partial charge in [-0.05, 0) is 52.4 Å². The first-order chi connectivity index (χ1) is 6.66. The standard InChI is InChI=1S/C12H22O2/c1-11(7-3-5-9-13-11)12(2)8-4-6-10-14-12/h3-10H2,1-2H3/t11-,12-/m0/s1. The van der Waals surface area contributed by atoms with Crippen LogP contribution in [0.5, 0.6) is 0 Å². The molecule has 2 saturated heterocycles. The number of hydrogen-bond donors (Lipinski definition) is 0.